The van der Waals surface area contributed by atoms with Crippen molar-refractivity contribution in [1.29, 1.82) is 0 Å². The molecule has 1 fully saturated rings. The maximum atomic E-state index is 11.8. The second-order valence-electron chi connectivity index (χ2n) is 5.11. The highest BCUT2D eigenvalue weighted by molar-refractivity contribution is 5.76. The van der Waals surface area contributed by atoms with Crippen molar-refractivity contribution in [3.63, 3.8) is 0 Å². The van der Waals surface area contributed by atoms with E-state index in [0.29, 0.717) is 24.3 Å². The molecule has 0 unspecified atom stereocenters. The van der Waals surface area contributed by atoms with Crippen LogP contribution in [0.2, 0.25) is 0 Å². The van der Waals surface area contributed by atoms with Gasteiger partial charge < -0.3 is 4.90 Å². The maximum absolute atomic E-state index is 11.8. The van der Waals surface area contributed by atoms with Gasteiger partial charge in [0.25, 0.3) is 0 Å². The van der Waals surface area contributed by atoms with Crippen LogP contribution in [0.3, 0.4) is 0 Å². The first-order valence-electron chi connectivity index (χ1n) is 6.02. The normalized spacial score (nSPS) is 18.9. The van der Waals surface area contributed by atoms with Crippen LogP contribution in [0.4, 0.5) is 0 Å². The number of rotatable bonds is 3. The number of hydrogen-bond acceptors (Lipinski definition) is 2. The van der Waals surface area contributed by atoms with Crippen molar-refractivity contribution in [2.75, 3.05) is 26.2 Å². The van der Waals surface area contributed by atoms with Crippen LogP contribution in [0.1, 0.15) is 34.1 Å². The molecule has 1 amide bonds. The van der Waals surface area contributed by atoms with Gasteiger partial charge in [0.1, 0.15) is 0 Å². The molecule has 1 heterocycles. The predicted molar refractivity (Wildman–Crippen MR) is 62.7 cm³/mol. The highest BCUT2D eigenvalue weighted by atomic mass is 16.2. The lowest BCUT2D eigenvalue weighted by Gasteiger charge is -2.37. The van der Waals surface area contributed by atoms with Crippen molar-refractivity contribution >= 4 is 5.91 Å². The molecular weight excluding hydrogens is 188 g/mol. The van der Waals surface area contributed by atoms with Crippen LogP contribution in [0.5, 0.6) is 0 Å². The van der Waals surface area contributed by atoms with Gasteiger partial charge in [0, 0.05) is 38.6 Å². The van der Waals surface area contributed by atoms with Crippen LogP contribution in [-0.2, 0) is 4.79 Å². The monoisotopic (exact) mass is 212 g/mol. The lowest BCUT2D eigenvalue weighted by Crippen LogP contribution is -2.50. The Morgan fingerprint density at radius 3 is 2.00 bits per heavy atom. The van der Waals surface area contributed by atoms with E-state index in [2.05, 4.69) is 32.6 Å². The Kier molecular flexibility index (Phi) is 4.58. The Hall–Kier alpha value is -0.570. The number of hydrogen-bond donors (Lipinski definition) is 0. The third-order valence-corrected chi connectivity index (χ3v) is 2.98. The van der Waals surface area contributed by atoms with Crippen molar-refractivity contribution in [3.05, 3.63) is 0 Å². The van der Waals surface area contributed by atoms with Gasteiger partial charge in [-0.3, -0.25) is 9.69 Å². The van der Waals surface area contributed by atoms with Crippen LogP contribution in [0, 0.1) is 5.92 Å². The van der Waals surface area contributed by atoms with Gasteiger partial charge in [-0.2, -0.15) is 0 Å². The third-order valence-electron chi connectivity index (χ3n) is 2.98. The van der Waals surface area contributed by atoms with Gasteiger partial charge in [0.2, 0.25) is 5.91 Å². The summed E-state index contributed by atoms with van der Waals surface area (Å²) in [4.78, 5) is 16.2. The fourth-order valence-corrected chi connectivity index (χ4v) is 1.97. The van der Waals surface area contributed by atoms with Gasteiger partial charge >= 0.3 is 0 Å². The number of amides is 1. The third kappa shape index (κ3) is 3.82. The molecule has 1 aliphatic heterocycles. The summed E-state index contributed by atoms with van der Waals surface area (Å²) in [7, 11) is 0. The minimum atomic E-state index is 0.327. The molecule has 0 spiro atoms. The first-order valence-corrected chi connectivity index (χ1v) is 6.02. The van der Waals surface area contributed by atoms with Gasteiger partial charge in [-0.05, 0) is 19.8 Å². The van der Waals surface area contributed by atoms with Crippen molar-refractivity contribution in [2.45, 2.75) is 40.2 Å². The Balaban J connectivity index is 2.34. The molecule has 0 atom stereocenters. The van der Waals surface area contributed by atoms with E-state index in [-0.39, 0.29) is 0 Å². The van der Waals surface area contributed by atoms with Crippen molar-refractivity contribution < 1.29 is 4.79 Å². The molecule has 15 heavy (non-hydrogen) atoms. The van der Waals surface area contributed by atoms with Crippen LogP contribution in [0.25, 0.3) is 0 Å². The minimum absolute atomic E-state index is 0.327. The zero-order chi connectivity index (χ0) is 11.4. The van der Waals surface area contributed by atoms with Crippen LogP contribution >= 0.6 is 0 Å². The average molecular weight is 212 g/mol. The summed E-state index contributed by atoms with van der Waals surface area (Å²) in [5, 5.41) is 0. The first-order chi connectivity index (χ1) is 7.00. The summed E-state index contributed by atoms with van der Waals surface area (Å²) in [5.74, 6) is 0.800. The summed E-state index contributed by atoms with van der Waals surface area (Å²) in [6.45, 7) is 12.5. The highest BCUT2D eigenvalue weighted by Gasteiger charge is 2.22. The molecule has 0 bridgehead atoms. The van der Waals surface area contributed by atoms with E-state index in [1.807, 2.05) is 4.90 Å². The Labute approximate surface area is 93.4 Å². The number of carbonyl (C=O) groups is 1. The quantitative estimate of drug-likeness (QED) is 0.709. The van der Waals surface area contributed by atoms with E-state index >= 15 is 0 Å². The molecule has 3 heteroatoms. The Morgan fingerprint density at radius 1 is 1.07 bits per heavy atom. The molecule has 0 aromatic heterocycles. The lowest BCUT2D eigenvalue weighted by molar-refractivity contribution is -0.133. The molecule has 88 valence electrons. The molecule has 1 rings (SSSR count). The van der Waals surface area contributed by atoms with E-state index in [1.165, 1.54) is 0 Å². The molecule has 0 radical (unpaired) electrons. The first kappa shape index (κ1) is 12.5. The van der Waals surface area contributed by atoms with E-state index in [4.69, 9.17) is 0 Å². The zero-order valence-corrected chi connectivity index (χ0v) is 10.5. The van der Waals surface area contributed by atoms with Gasteiger partial charge in [-0.25, -0.2) is 0 Å². The number of carbonyl (C=O) groups excluding carboxylic acids is 1. The van der Waals surface area contributed by atoms with Crippen LogP contribution in [0.15, 0.2) is 0 Å². The van der Waals surface area contributed by atoms with Crippen LogP contribution < -0.4 is 0 Å². The number of piperazine rings is 1. The topological polar surface area (TPSA) is 23.6 Å². The maximum Gasteiger partial charge on any atom is 0.222 e. The second kappa shape index (κ2) is 5.50. The second-order valence-corrected chi connectivity index (χ2v) is 5.11. The zero-order valence-electron chi connectivity index (χ0n) is 10.5. The molecule has 0 N–H and O–H groups in total. The van der Waals surface area contributed by atoms with E-state index < -0.39 is 0 Å². The number of nitrogens with zero attached hydrogens (tertiary/aromatic N) is 2. The molecule has 0 aliphatic carbocycles. The van der Waals surface area contributed by atoms with Crippen molar-refractivity contribution in [2.24, 2.45) is 5.92 Å². The van der Waals surface area contributed by atoms with E-state index in [1.54, 1.807) is 0 Å². The van der Waals surface area contributed by atoms with Crippen molar-refractivity contribution in [3.8, 4) is 0 Å². The fraction of sp³-hybridized carbons (Fsp3) is 0.917. The summed E-state index contributed by atoms with van der Waals surface area (Å²) in [6, 6.07) is 0.604. The minimum Gasteiger partial charge on any atom is -0.340 e. The molecule has 0 aromatic carbocycles. The SMILES string of the molecule is CC(C)CC(=O)N1CCN(C(C)C)CC1. The highest BCUT2D eigenvalue weighted by Crippen LogP contribution is 2.09. The lowest BCUT2D eigenvalue weighted by atomic mass is 10.1. The summed E-state index contributed by atoms with van der Waals surface area (Å²) < 4.78 is 0. The fourth-order valence-electron chi connectivity index (χ4n) is 1.97. The van der Waals surface area contributed by atoms with Crippen LogP contribution in [-0.4, -0.2) is 47.9 Å². The Morgan fingerprint density at radius 2 is 1.60 bits per heavy atom. The van der Waals surface area contributed by atoms with E-state index in [9.17, 15) is 4.79 Å². The molecule has 1 aliphatic rings. The Bertz CT molecular complexity index is 206. The standard InChI is InChI=1S/C12H24N2O/c1-10(2)9-12(15)14-7-5-13(6-8-14)11(3)4/h10-11H,5-9H2,1-4H3. The smallest absolute Gasteiger partial charge is 0.222 e. The summed E-state index contributed by atoms with van der Waals surface area (Å²) in [5.41, 5.74) is 0. The molecular formula is C12H24N2O. The van der Waals surface area contributed by atoms with Gasteiger partial charge in [0.05, 0.1) is 0 Å². The molecule has 0 saturated carbocycles. The van der Waals surface area contributed by atoms with Gasteiger partial charge in [-0.15, -0.1) is 0 Å². The van der Waals surface area contributed by atoms with Gasteiger partial charge in [-0.1, -0.05) is 13.8 Å². The van der Waals surface area contributed by atoms with Crippen molar-refractivity contribution in [1.82, 2.24) is 9.80 Å². The average Bonchev–Trinajstić information content (AvgIpc) is 2.17. The molecule has 1 saturated heterocycles. The molecule has 0 aromatic rings. The summed E-state index contributed by atoms with van der Waals surface area (Å²) >= 11 is 0. The predicted octanol–water partition coefficient (Wildman–Crippen LogP) is 1.59. The molecule has 3 nitrogen and oxygen atoms in total. The van der Waals surface area contributed by atoms with E-state index in [0.717, 1.165) is 26.2 Å². The largest absolute Gasteiger partial charge is 0.340 e. The van der Waals surface area contributed by atoms with Gasteiger partial charge in [0.15, 0.2) is 0 Å². The summed E-state index contributed by atoms with van der Waals surface area (Å²) in [6.07, 6.45) is 0.696.